The van der Waals surface area contributed by atoms with Crippen LogP contribution in [0.1, 0.15) is 11.3 Å². The fourth-order valence-electron chi connectivity index (χ4n) is 1.70. The zero-order valence-corrected chi connectivity index (χ0v) is 10.4. The fourth-order valence-corrected chi connectivity index (χ4v) is 1.70. The van der Waals surface area contributed by atoms with Gasteiger partial charge in [-0.1, -0.05) is 0 Å². The van der Waals surface area contributed by atoms with Gasteiger partial charge in [0.25, 0.3) is 0 Å². The second-order valence-electron chi connectivity index (χ2n) is 4.15. The molecule has 2 rings (SSSR count). The highest BCUT2D eigenvalue weighted by atomic mass is 19.4. The number of hydrogen-bond donors (Lipinski definition) is 1. The highest BCUT2D eigenvalue weighted by Crippen LogP contribution is 2.29. The highest BCUT2D eigenvalue weighted by molar-refractivity contribution is 5.35. The van der Waals surface area contributed by atoms with E-state index in [0.717, 1.165) is 30.8 Å². The molecule has 0 aliphatic heterocycles. The molecular weight excluding hydrogens is 255 g/mol. The van der Waals surface area contributed by atoms with E-state index in [1.54, 1.807) is 10.9 Å². The molecule has 0 radical (unpaired) electrons. The van der Waals surface area contributed by atoms with E-state index in [1.807, 2.05) is 13.1 Å². The van der Waals surface area contributed by atoms with Crippen molar-refractivity contribution < 1.29 is 13.2 Å². The molecule has 0 saturated heterocycles. The second kappa shape index (κ2) is 5.44. The Morgan fingerprint density at radius 2 is 1.84 bits per heavy atom. The van der Waals surface area contributed by atoms with Crippen LogP contribution in [0.15, 0.2) is 36.5 Å². The Kier molecular flexibility index (Phi) is 3.90. The maximum atomic E-state index is 12.4. The summed E-state index contributed by atoms with van der Waals surface area (Å²) in [5, 5.41) is 7.32. The predicted molar refractivity (Wildman–Crippen MR) is 66.2 cm³/mol. The summed E-state index contributed by atoms with van der Waals surface area (Å²) in [5.74, 6) is 0. The van der Waals surface area contributed by atoms with Crippen LogP contribution >= 0.6 is 0 Å². The number of halogens is 3. The molecule has 1 aromatic heterocycles. The van der Waals surface area contributed by atoms with E-state index in [0.29, 0.717) is 5.69 Å². The number of rotatable bonds is 4. The predicted octanol–water partition coefficient (Wildman–Crippen LogP) is 2.65. The molecule has 0 amide bonds. The molecule has 6 heteroatoms. The first kappa shape index (κ1) is 13.6. The van der Waals surface area contributed by atoms with E-state index in [9.17, 15) is 13.2 Å². The third kappa shape index (κ3) is 3.35. The van der Waals surface area contributed by atoms with Crippen LogP contribution in [0.5, 0.6) is 0 Å². The average molecular weight is 269 g/mol. The lowest BCUT2D eigenvalue weighted by atomic mass is 10.2. The van der Waals surface area contributed by atoms with Gasteiger partial charge in [0.1, 0.15) is 0 Å². The average Bonchev–Trinajstić information content (AvgIpc) is 2.84. The van der Waals surface area contributed by atoms with Gasteiger partial charge < -0.3 is 5.32 Å². The first-order valence-corrected chi connectivity index (χ1v) is 5.87. The van der Waals surface area contributed by atoms with Crippen LogP contribution in [0, 0.1) is 0 Å². The lowest BCUT2D eigenvalue weighted by molar-refractivity contribution is -0.137. The molecule has 0 spiro atoms. The van der Waals surface area contributed by atoms with Gasteiger partial charge in [-0.2, -0.15) is 18.3 Å². The van der Waals surface area contributed by atoms with E-state index in [2.05, 4.69) is 10.4 Å². The van der Waals surface area contributed by atoms with Crippen molar-refractivity contribution in [2.24, 2.45) is 0 Å². The molecule has 19 heavy (non-hydrogen) atoms. The lowest BCUT2D eigenvalue weighted by Gasteiger charge is -2.07. The number of nitrogens with zero attached hydrogens (tertiary/aromatic N) is 2. The molecular formula is C13H14F3N3. The van der Waals surface area contributed by atoms with Gasteiger partial charge in [-0.15, -0.1) is 0 Å². The van der Waals surface area contributed by atoms with Crippen LogP contribution in [0.3, 0.4) is 0 Å². The summed E-state index contributed by atoms with van der Waals surface area (Å²) in [4.78, 5) is 0. The second-order valence-corrected chi connectivity index (χ2v) is 4.15. The maximum Gasteiger partial charge on any atom is 0.416 e. The number of hydrogen-bond acceptors (Lipinski definition) is 2. The molecule has 0 saturated carbocycles. The molecule has 0 fully saturated rings. The zero-order valence-electron chi connectivity index (χ0n) is 10.4. The molecule has 0 atom stereocenters. The smallest absolute Gasteiger partial charge is 0.319 e. The molecule has 1 heterocycles. The van der Waals surface area contributed by atoms with Crippen molar-refractivity contribution in [2.45, 2.75) is 12.6 Å². The van der Waals surface area contributed by atoms with Gasteiger partial charge in [0.2, 0.25) is 0 Å². The third-order valence-electron chi connectivity index (χ3n) is 2.73. The van der Waals surface area contributed by atoms with Crippen LogP contribution in [-0.4, -0.2) is 23.4 Å². The number of likely N-dealkylation sites (N-methyl/N-ethyl adjacent to an activating group) is 1. The largest absolute Gasteiger partial charge is 0.416 e. The minimum atomic E-state index is -4.30. The van der Waals surface area contributed by atoms with E-state index < -0.39 is 11.7 Å². The molecule has 2 aromatic rings. The van der Waals surface area contributed by atoms with Crippen molar-refractivity contribution in [3.8, 4) is 5.69 Å². The van der Waals surface area contributed by atoms with Crippen molar-refractivity contribution in [2.75, 3.05) is 13.6 Å². The van der Waals surface area contributed by atoms with Crippen LogP contribution in [0.25, 0.3) is 5.69 Å². The summed E-state index contributed by atoms with van der Waals surface area (Å²) in [6, 6.07) is 6.80. The van der Waals surface area contributed by atoms with Crippen LogP contribution in [-0.2, 0) is 12.6 Å². The Morgan fingerprint density at radius 3 is 2.42 bits per heavy atom. The number of benzene rings is 1. The topological polar surface area (TPSA) is 29.9 Å². The molecule has 0 aliphatic rings. The van der Waals surface area contributed by atoms with E-state index in [-0.39, 0.29) is 0 Å². The van der Waals surface area contributed by atoms with Gasteiger partial charge in [-0.3, -0.25) is 0 Å². The van der Waals surface area contributed by atoms with Gasteiger partial charge in [-0.05, 0) is 37.4 Å². The van der Waals surface area contributed by atoms with Crippen molar-refractivity contribution in [3.05, 3.63) is 47.8 Å². The molecule has 102 valence electrons. The molecule has 0 unspecified atom stereocenters. The Balaban J connectivity index is 2.16. The minimum absolute atomic E-state index is 0.615. The fraction of sp³-hybridized carbons (Fsp3) is 0.308. The van der Waals surface area contributed by atoms with Crippen molar-refractivity contribution in [3.63, 3.8) is 0 Å². The van der Waals surface area contributed by atoms with E-state index >= 15 is 0 Å². The summed E-state index contributed by atoms with van der Waals surface area (Å²) >= 11 is 0. The monoisotopic (exact) mass is 269 g/mol. The SMILES string of the molecule is CNCCc1ccn(-c2ccc(C(F)(F)F)cc2)n1. The first-order chi connectivity index (χ1) is 9.00. The lowest BCUT2D eigenvalue weighted by Crippen LogP contribution is -2.10. The van der Waals surface area contributed by atoms with Crippen LogP contribution in [0.2, 0.25) is 0 Å². The zero-order chi connectivity index (χ0) is 13.9. The maximum absolute atomic E-state index is 12.4. The molecule has 1 aromatic carbocycles. The highest BCUT2D eigenvalue weighted by Gasteiger charge is 2.29. The molecule has 3 nitrogen and oxygen atoms in total. The normalized spacial score (nSPS) is 11.8. The van der Waals surface area contributed by atoms with Crippen LogP contribution < -0.4 is 5.32 Å². The van der Waals surface area contributed by atoms with Gasteiger partial charge in [0.15, 0.2) is 0 Å². The Labute approximate surface area is 109 Å². The Bertz CT molecular complexity index is 529. The van der Waals surface area contributed by atoms with E-state index in [4.69, 9.17) is 0 Å². The summed E-state index contributed by atoms with van der Waals surface area (Å²) in [7, 11) is 1.85. The van der Waals surface area contributed by atoms with Gasteiger partial charge in [0, 0.05) is 19.2 Å². The van der Waals surface area contributed by atoms with Crippen molar-refractivity contribution in [1.29, 1.82) is 0 Å². The third-order valence-corrected chi connectivity index (χ3v) is 2.73. The van der Waals surface area contributed by atoms with Gasteiger partial charge >= 0.3 is 6.18 Å². The molecule has 1 N–H and O–H groups in total. The minimum Gasteiger partial charge on any atom is -0.319 e. The summed E-state index contributed by atoms with van der Waals surface area (Å²) < 4.78 is 38.9. The summed E-state index contributed by atoms with van der Waals surface area (Å²) in [5.41, 5.74) is 0.858. The summed E-state index contributed by atoms with van der Waals surface area (Å²) in [6.07, 6.45) is -1.78. The van der Waals surface area contributed by atoms with Crippen molar-refractivity contribution in [1.82, 2.24) is 15.1 Å². The van der Waals surface area contributed by atoms with E-state index in [1.165, 1.54) is 12.1 Å². The Hall–Kier alpha value is -1.82. The first-order valence-electron chi connectivity index (χ1n) is 5.87. The molecule has 0 bridgehead atoms. The summed E-state index contributed by atoms with van der Waals surface area (Å²) in [6.45, 7) is 0.810. The van der Waals surface area contributed by atoms with Gasteiger partial charge in [-0.25, -0.2) is 4.68 Å². The number of nitrogens with one attached hydrogen (secondary N) is 1. The molecule has 0 aliphatic carbocycles. The number of aromatic nitrogens is 2. The van der Waals surface area contributed by atoms with Gasteiger partial charge in [0.05, 0.1) is 16.9 Å². The standard InChI is InChI=1S/C13H14F3N3/c1-17-8-6-11-7-9-19(18-11)12-4-2-10(3-5-12)13(14,15)16/h2-5,7,9,17H,6,8H2,1H3. The van der Waals surface area contributed by atoms with Crippen molar-refractivity contribution >= 4 is 0 Å². The number of alkyl halides is 3. The van der Waals surface area contributed by atoms with Crippen LogP contribution in [0.4, 0.5) is 13.2 Å². The Morgan fingerprint density at radius 1 is 1.16 bits per heavy atom. The quantitative estimate of drug-likeness (QED) is 0.924.